The zero-order valence-corrected chi connectivity index (χ0v) is 9.12. The monoisotopic (exact) mass is 226 g/mol. The van der Waals surface area contributed by atoms with Crippen molar-refractivity contribution in [2.24, 2.45) is 0 Å². The lowest BCUT2D eigenvalue weighted by atomic mass is 10.8. The Bertz CT molecular complexity index is 307. The van der Waals surface area contributed by atoms with E-state index in [0.29, 0.717) is 0 Å². The summed E-state index contributed by atoms with van der Waals surface area (Å²) in [6, 6.07) is 3.86. The van der Waals surface area contributed by atoms with E-state index in [9.17, 15) is 0 Å². The van der Waals surface area contributed by atoms with Gasteiger partial charge in [-0.2, -0.15) is 10.2 Å². The lowest BCUT2D eigenvalue weighted by Gasteiger charge is -2.01. The Hall–Kier alpha value is -0.880. The third-order valence-electron chi connectivity index (χ3n) is 1.57. The molecule has 2 heterocycles. The summed E-state index contributed by atoms with van der Waals surface area (Å²) in [6.45, 7) is 0. The first-order chi connectivity index (χ1) is 6.95. The van der Waals surface area contributed by atoms with Gasteiger partial charge in [0, 0.05) is 24.8 Å². The molecule has 0 aromatic carbocycles. The van der Waals surface area contributed by atoms with Gasteiger partial charge in [-0.05, 0) is 12.1 Å². The van der Waals surface area contributed by atoms with Gasteiger partial charge < -0.3 is 0 Å². The minimum absolute atomic E-state index is 0.874. The Labute approximate surface area is 90.1 Å². The SMILES string of the molecule is c1cnn(CSSCn2cccn2)c1. The number of nitrogens with zero attached hydrogens (tertiary/aromatic N) is 4. The van der Waals surface area contributed by atoms with Crippen molar-refractivity contribution in [1.82, 2.24) is 19.6 Å². The van der Waals surface area contributed by atoms with Crippen LogP contribution in [-0.2, 0) is 11.8 Å². The Morgan fingerprint density at radius 2 is 1.36 bits per heavy atom. The minimum Gasteiger partial charge on any atom is -0.262 e. The van der Waals surface area contributed by atoms with Crippen molar-refractivity contribution in [2.45, 2.75) is 11.8 Å². The molecule has 14 heavy (non-hydrogen) atoms. The molecular weight excluding hydrogens is 216 g/mol. The number of aromatic nitrogens is 4. The molecule has 2 rings (SSSR count). The molecule has 0 bridgehead atoms. The van der Waals surface area contributed by atoms with E-state index < -0.39 is 0 Å². The highest BCUT2D eigenvalue weighted by Gasteiger charge is 1.93. The molecule has 0 N–H and O–H groups in total. The predicted octanol–water partition coefficient (Wildman–Crippen LogP) is 2.08. The summed E-state index contributed by atoms with van der Waals surface area (Å²) >= 11 is 0. The molecule has 0 aliphatic rings. The van der Waals surface area contributed by atoms with E-state index in [4.69, 9.17) is 0 Å². The van der Waals surface area contributed by atoms with Crippen molar-refractivity contribution in [2.75, 3.05) is 0 Å². The van der Waals surface area contributed by atoms with Crippen LogP contribution in [0.5, 0.6) is 0 Å². The van der Waals surface area contributed by atoms with Crippen LogP contribution in [0.4, 0.5) is 0 Å². The van der Waals surface area contributed by atoms with Crippen LogP contribution in [0.25, 0.3) is 0 Å². The molecule has 0 amide bonds. The topological polar surface area (TPSA) is 35.6 Å². The van der Waals surface area contributed by atoms with Crippen LogP contribution in [-0.4, -0.2) is 19.6 Å². The molecule has 6 heteroatoms. The van der Waals surface area contributed by atoms with Gasteiger partial charge in [0.2, 0.25) is 0 Å². The highest BCUT2D eigenvalue weighted by Crippen LogP contribution is 2.23. The second kappa shape index (κ2) is 5.11. The first kappa shape index (κ1) is 9.67. The highest BCUT2D eigenvalue weighted by atomic mass is 33.1. The summed E-state index contributed by atoms with van der Waals surface area (Å²) in [4.78, 5) is 0. The van der Waals surface area contributed by atoms with Crippen LogP contribution in [0.1, 0.15) is 0 Å². The van der Waals surface area contributed by atoms with Gasteiger partial charge in [0.1, 0.15) is 0 Å². The molecule has 4 nitrogen and oxygen atoms in total. The van der Waals surface area contributed by atoms with Crippen molar-refractivity contribution < 1.29 is 0 Å². The van der Waals surface area contributed by atoms with E-state index in [-0.39, 0.29) is 0 Å². The lowest BCUT2D eigenvalue weighted by Crippen LogP contribution is -1.95. The third-order valence-corrected chi connectivity index (χ3v) is 3.61. The summed E-state index contributed by atoms with van der Waals surface area (Å²) in [5.41, 5.74) is 0. The first-order valence-electron chi connectivity index (χ1n) is 4.14. The molecule has 0 unspecified atom stereocenters. The fourth-order valence-corrected chi connectivity index (χ4v) is 2.70. The highest BCUT2D eigenvalue weighted by molar-refractivity contribution is 8.76. The molecular formula is C8H10N4S2. The summed E-state index contributed by atoms with van der Waals surface area (Å²) in [7, 11) is 3.53. The molecule has 0 aliphatic carbocycles. The van der Waals surface area contributed by atoms with Crippen molar-refractivity contribution >= 4 is 21.6 Å². The summed E-state index contributed by atoms with van der Waals surface area (Å²) in [5, 5.41) is 8.22. The summed E-state index contributed by atoms with van der Waals surface area (Å²) in [5.74, 6) is 1.75. The number of hydrogen-bond donors (Lipinski definition) is 0. The van der Waals surface area contributed by atoms with E-state index in [1.54, 1.807) is 34.0 Å². The molecule has 2 aromatic heterocycles. The Morgan fingerprint density at radius 1 is 0.857 bits per heavy atom. The third kappa shape index (κ3) is 2.81. The average molecular weight is 226 g/mol. The molecule has 74 valence electrons. The minimum atomic E-state index is 0.874. The molecule has 0 fully saturated rings. The van der Waals surface area contributed by atoms with E-state index in [2.05, 4.69) is 10.2 Å². The molecule has 0 spiro atoms. The first-order valence-corrected chi connectivity index (χ1v) is 6.63. The zero-order chi connectivity index (χ0) is 9.64. The maximum Gasteiger partial charge on any atom is 0.0966 e. The zero-order valence-electron chi connectivity index (χ0n) is 7.48. The standard InChI is InChI=1S/C8H10N4S2/c1-3-9-11(5-1)7-13-14-8-12-6-2-4-10-12/h1-6H,7-8H2. The maximum absolute atomic E-state index is 4.11. The van der Waals surface area contributed by atoms with Gasteiger partial charge in [-0.15, -0.1) is 0 Å². The van der Waals surface area contributed by atoms with Crippen molar-refractivity contribution in [3.05, 3.63) is 36.9 Å². The maximum atomic E-state index is 4.11. The normalized spacial score (nSPS) is 10.6. The van der Waals surface area contributed by atoms with Gasteiger partial charge in [-0.25, -0.2) is 0 Å². The van der Waals surface area contributed by atoms with Gasteiger partial charge in [-0.1, -0.05) is 21.6 Å². The van der Waals surface area contributed by atoms with Gasteiger partial charge in [0.25, 0.3) is 0 Å². The fraction of sp³-hybridized carbons (Fsp3) is 0.250. The fourth-order valence-electron chi connectivity index (χ4n) is 0.936. The summed E-state index contributed by atoms with van der Waals surface area (Å²) < 4.78 is 3.81. The Morgan fingerprint density at radius 3 is 1.71 bits per heavy atom. The smallest absolute Gasteiger partial charge is 0.0966 e. The number of rotatable bonds is 5. The second-order valence-corrected chi connectivity index (χ2v) is 4.99. The molecule has 0 atom stereocenters. The second-order valence-electron chi connectivity index (χ2n) is 2.58. The van der Waals surface area contributed by atoms with Crippen LogP contribution < -0.4 is 0 Å². The molecule has 0 saturated carbocycles. The largest absolute Gasteiger partial charge is 0.262 e. The van der Waals surface area contributed by atoms with Gasteiger partial charge in [-0.3, -0.25) is 9.36 Å². The van der Waals surface area contributed by atoms with Crippen LogP contribution in [0.15, 0.2) is 36.9 Å². The van der Waals surface area contributed by atoms with Crippen LogP contribution in [0.3, 0.4) is 0 Å². The van der Waals surface area contributed by atoms with Crippen molar-refractivity contribution in [1.29, 1.82) is 0 Å². The van der Waals surface area contributed by atoms with Crippen molar-refractivity contribution in [3.8, 4) is 0 Å². The molecule has 0 radical (unpaired) electrons. The van der Waals surface area contributed by atoms with E-state index in [1.165, 1.54) is 0 Å². The molecule has 0 aliphatic heterocycles. The quantitative estimate of drug-likeness (QED) is 0.577. The average Bonchev–Trinajstić information content (AvgIpc) is 2.86. The van der Waals surface area contributed by atoms with Gasteiger partial charge in [0.15, 0.2) is 0 Å². The van der Waals surface area contributed by atoms with Crippen LogP contribution in [0, 0.1) is 0 Å². The number of hydrogen-bond acceptors (Lipinski definition) is 4. The van der Waals surface area contributed by atoms with Crippen molar-refractivity contribution in [3.63, 3.8) is 0 Å². The van der Waals surface area contributed by atoms with Gasteiger partial charge >= 0.3 is 0 Å². The molecule has 2 aromatic rings. The Kier molecular flexibility index (Phi) is 3.53. The molecule has 0 saturated heterocycles. The van der Waals surface area contributed by atoms with E-state index in [0.717, 1.165) is 11.8 Å². The van der Waals surface area contributed by atoms with E-state index >= 15 is 0 Å². The Balaban J connectivity index is 1.65. The van der Waals surface area contributed by atoms with E-state index in [1.807, 2.05) is 33.9 Å². The van der Waals surface area contributed by atoms with Gasteiger partial charge in [0.05, 0.1) is 11.8 Å². The predicted molar refractivity (Wildman–Crippen MR) is 59.6 cm³/mol. The van der Waals surface area contributed by atoms with Crippen LogP contribution >= 0.6 is 21.6 Å². The lowest BCUT2D eigenvalue weighted by molar-refractivity contribution is 0.749. The summed E-state index contributed by atoms with van der Waals surface area (Å²) in [6.07, 6.45) is 7.50. The van der Waals surface area contributed by atoms with Crippen LogP contribution in [0.2, 0.25) is 0 Å².